The van der Waals surface area contributed by atoms with Crippen molar-refractivity contribution in [2.24, 2.45) is 7.05 Å². The zero-order valence-corrected chi connectivity index (χ0v) is 70.9. The molecule has 0 amide bonds. The number of aromatic nitrogens is 7. The van der Waals surface area contributed by atoms with E-state index in [0.29, 0.717) is 53.3 Å². The second-order valence-corrected chi connectivity index (χ2v) is 32.7. The Kier molecular flexibility index (Phi) is 32.0. The number of nitrogens with zero attached hydrogens (tertiary/aromatic N) is 7. The van der Waals surface area contributed by atoms with Gasteiger partial charge in [0.1, 0.15) is 5.75 Å². The SMILES string of the molecule is CC(C)c1ccc2ccccc2c1.CC(C)c1ccc2ncccc2c1.CC(C)c1cccc2c1OCC2.CC(C)c1cccc2ccccc12.CC(C)c1cccc2cnccc12.CC(C)c1cccc2cnn(C)c12.CC(C)c1cccc2ncccc12.CC(C)c1cncc2ccccc12.Cc1nc(C(C)C)cs1. The molecule has 0 unspecified atom stereocenters. The van der Waals surface area contributed by atoms with Crippen molar-refractivity contribution in [2.75, 3.05) is 6.61 Å². The number of ether oxygens (including phenoxy) is 1. The van der Waals surface area contributed by atoms with E-state index in [4.69, 9.17) is 4.74 Å². The minimum Gasteiger partial charge on any atom is -0.493 e. The van der Waals surface area contributed by atoms with Crippen molar-refractivity contribution in [3.63, 3.8) is 0 Å². The van der Waals surface area contributed by atoms with Crippen LogP contribution in [0.15, 0.2) is 279 Å². The highest BCUT2D eigenvalue weighted by Crippen LogP contribution is 2.35. The van der Waals surface area contributed by atoms with Crippen LogP contribution in [-0.4, -0.2) is 41.3 Å². The molecule has 10 aromatic carbocycles. The van der Waals surface area contributed by atoms with Crippen molar-refractivity contribution in [3.8, 4) is 5.75 Å². The van der Waals surface area contributed by atoms with Crippen molar-refractivity contribution in [2.45, 2.75) is 191 Å². The molecule has 0 radical (unpaired) electrons. The molecular formula is C103H119N7OS. The first-order valence-electron chi connectivity index (χ1n) is 40.3. The number of para-hydroxylation sites is 2. The monoisotopic (exact) mass is 1500 g/mol. The van der Waals surface area contributed by atoms with Gasteiger partial charge in [-0.3, -0.25) is 24.6 Å². The molecule has 16 aromatic rings. The molecule has 0 atom stereocenters. The summed E-state index contributed by atoms with van der Waals surface area (Å²) in [5, 5.41) is 21.8. The maximum atomic E-state index is 5.59. The highest BCUT2D eigenvalue weighted by atomic mass is 32.1. The first-order chi connectivity index (χ1) is 53.9. The summed E-state index contributed by atoms with van der Waals surface area (Å²) < 4.78 is 7.54. The molecule has 7 heterocycles. The van der Waals surface area contributed by atoms with Gasteiger partial charge >= 0.3 is 0 Å². The van der Waals surface area contributed by atoms with Gasteiger partial charge in [0, 0.05) is 83.0 Å². The fourth-order valence-corrected chi connectivity index (χ4v) is 14.5. The van der Waals surface area contributed by atoms with Gasteiger partial charge in [0.05, 0.1) is 40.1 Å². The van der Waals surface area contributed by atoms with Crippen molar-refractivity contribution >= 4 is 87.1 Å². The van der Waals surface area contributed by atoms with Crippen LogP contribution in [0.25, 0.3) is 75.8 Å². The molecule has 17 rings (SSSR count). The lowest BCUT2D eigenvalue weighted by molar-refractivity contribution is 0.352. The highest BCUT2D eigenvalue weighted by molar-refractivity contribution is 7.09. The Bertz CT molecular complexity index is 5130. The van der Waals surface area contributed by atoms with Gasteiger partial charge in [-0.15, -0.1) is 11.3 Å². The summed E-state index contributed by atoms with van der Waals surface area (Å²) in [5.74, 6) is 6.33. The quantitative estimate of drug-likeness (QED) is 0.142. The summed E-state index contributed by atoms with van der Waals surface area (Å²) in [6.07, 6.45) is 14.3. The predicted octanol–water partition coefficient (Wildman–Crippen LogP) is 29.4. The van der Waals surface area contributed by atoms with E-state index in [1.54, 1.807) is 11.3 Å². The van der Waals surface area contributed by atoms with Gasteiger partial charge in [-0.1, -0.05) is 319 Å². The molecular weight excluding hydrogens is 1380 g/mol. The fourth-order valence-electron chi connectivity index (χ4n) is 13.7. The molecule has 6 aromatic heterocycles. The molecule has 1 aliphatic heterocycles. The number of rotatable bonds is 9. The van der Waals surface area contributed by atoms with Crippen molar-refractivity contribution in [1.82, 2.24) is 34.7 Å². The first-order valence-corrected chi connectivity index (χ1v) is 41.1. The fraction of sp³-hybridized carbons (Fsp3) is 0.301. The zero-order valence-electron chi connectivity index (χ0n) is 70.1. The average molecular weight is 1500 g/mol. The molecule has 578 valence electrons. The number of hydrogen-bond donors (Lipinski definition) is 0. The van der Waals surface area contributed by atoms with Gasteiger partial charge in [-0.2, -0.15) is 5.10 Å². The van der Waals surface area contributed by atoms with Crippen LogP contribution < -0.4 is 4.74 Å². The molecule has 9 heteroatoms. The van der Waals surface area contributed by atoms with E-state index in [1.165, 1.54) is 126 Å². The third kappa shape index (κ3) is 23.7. The second kappa shape index (κ2) is 42.1. The molecule has 112 heavy (non-hydrogen) atoms. The Morgan fingerprint density at radius 2 is 0.804 bits per heavy atom. The van der Waals surface area contributed by atoms with E-state index in [9.17, 15) is 0 Å². The highest BCUT2D eigenvalue weighted by Gasteiger charge is 2.18. The number of benzene rings is 10. The molecule has 0 fully saturated rings. The molecule has 0 saturated heterocycles. The Hall–Kier alpha value is -10.7. The summed E-state index contributed by atoms with van der Waals surface area (Å²) in [4.78, 5) is 21.3. The molecule has 0 spiro atoms. The van der Waals surface area contributed by atoms with Crippen LogP contribution in [0.3, 0.4) is 0 Å². The summed E-state index contributed by atoms with van der Waals surface area (Å²) in [7, 11) is 1.99. The largest absolute Gasteiger partial charge is 0.493 e. The van der Waals surface area contributed by atoms with E-state index in [0.717, 1.165) is 29.8 Å². The number of pyridine rings is 4. The molecule has 0 N–H and O–H groups in total. The molecule has 0 aliphatic carbocycles. The maximum Gasteiger partial charge on any atom is 0.126 e. The van der Waals surface area contributed by atoms with Gasteiger partial charge in [0.25, 0.3) is 0 Å². The lowest BCUT2D eigenvalue weighted by Crippen LogP contribution is -1.95. The van der Waals surface area contributed by atoms with Gasteiger partial charge < -0.3 is 4.74 Å². The number of hydrogen-bond acceptors (Lipinski definition) is 8. The van der Waals surface area contributed by atoms with E-state index < -0.39 is 0 Å². The molecule has 8 nitrogen and oxygen atoms in total. The van der Waals surface area contributed by atoms with Crippen LogP contribution in [-0.2, 0) is 13.5 Å². The van der Waals surface area contributed by atoms with Crippen LogP contribution in [0.5, 0.6) is 5.75 Å². The molecule has 0 bridgehead atoms. The maximum absolute atomic E-state index is 5.59. The standard InChI is InChI=1S/2C13H14.4C12H13N.C11H14N2.C11H14O.C7H11NS/c1-10(2)12-9-5-7-11-6-3-4-8-13(11)12;1-10(2)12-8-7-11-5-3-4-6-13(11)9-12;1-9(2)10-5-3-7-12-11(10)6-4-8-13-12;1-9(2)10-5-6-12-11(8-10)4-3-7-13-12;1-9(2)11-5-3-4-10-8-13-7-6-12(10)11;1-9(2)12-8-13-7-10-5-3-4-6-11(10)12;1-8(2)10-6-4-5-9-7-12-13(3)11(9)10;1-8(2)10-5-3-4-9-6-7-12-11(9)10;1-5(2)7-4-9-6(3)8-7/h2*3-10H,1-2H3;4*3-9H,1-2H3;4-8H,1-3H3;3-5,8H,6-7H2,1-2H3;4-5H,1-3H3. The topological polar surface area (TPSA) is 91.5 Å². The minimum atomic E-state index is 0.540. The van der Waals surface area contributed by atoms with Crippen molar-refractivity contribution in [1.29, 1.82) is 0 Å². The van der Waals surface area contributed by atoms with Gasteiger partial charge in [0.2, 0.25) is 0 Å². The van der Waals surface area contributed by atoms with Crippen LogP contribution in [0.1, 0.15) is 239 Å². The van der Waals surface area contributed by atoms with Gasteiger partial charge in [0.15, 0.2) is 0 Å². The number of fused-ring (bicyclic) bond motifs is 8. The van der Waals surface area contributed by atoms with Crippen molar-refractivity contribution in [3.05, 3.63) is 340 Å². The lowest BCUT2D eigenvalue weighted by Gasteiger charge is -2.10. The van der Waals surface area contributed by atoms with Crippen LogP contribution in [0.4, 0.5) is 0 Å². The van der Waals surface area contributed by atoms with Gasteiger partial charge in [-0.05, 0) is 179 Å². The Morgan fingerprint density at radius 1 is 0.339 bits per heavy atom. The van der Waals surface area contributed by atoms with Crippen LogP contribution >= 0.6 is 11.3 Å². The first kappa shape index (κ1) is 85.3. The summed E-state index contributed by atoms with van der Waals surface area (Å²) in [5.41, 5.74) is 17.1. The number of thiazole rings is 1. The molecule has 0 saturated carbocycles. The summed E-state index contributed by atoms with van der Waals surface area (Å²) in [6, 6.07) is 80.9. The third-order valence-corrected chi connectivity index (χ3v) is 20.9. The van der Waals surface area contributed by atoms with Crippen LogP contribution in [0, 0.1) is 6.92 Å². The van der Waals surface area contributed by atoms with Crippen LogP contribution in [0.2, 0.25) is 0 Å². The van der Waals surface area contributed by atoms with Crippen molar-refractivity contribution < 1.29 is 4.74 Å². The van der Waals surface area contributed by atoms with E-state index >= 15 is 0 Å². The Morgan fingerprint density at radius 3 is 1.40 bits per heavy atom. The second-order valence-electron chi connectivity index (χ2n) is 31.6. The lowest BCUT2D eigenvalue weighted by atomic mass is 9.96. The summed E-state index contributed by atoms with van der Waals surface area (Å²) in [6.45, 7) is 42.6. The average Bonchev–Trinajstić information content (AvgIpc) is 1.16. The molecule has 1 aliphatic rings. The Labute approximate surface area is 672 Å². The smallest absolute Gasteiger partial charge is 0.126 e. The summed E-state index contributed by atoms with van der Waals surface area (Å²) >= 11 is 1.72. The van der Waals surface area contributed by atoms with Gasteiger partial charge in [-0.25, -0.2) is 4.98 Å². The minimum absolute atomic E-state index is 0.540. The number of aryl methyl sites for hydroxylation is 2. The van der Waals surface area contributed by atoms with E-state index in [2.05, 4.69) is 372 Å². The normalized spacial score (nSPS) is 11.4. The van der Waals surface area contributed by atoms with E-state index in [-0.39, 0.29) is 0 Å². The predicted molar refractivity (Wildman–Crippen MR) is 485 cm³/mol. The van der Waals surface area contributed by atoms with E-state index in [1.807, 2.05) is 80.2 Å². The third-order valence-electron chi connectivity index (χ3n) is 20.1. The Balaban J connectivity index is 0.000000145. The zero-order chi connectivity index (χ0) is 80.4.